The summed E-state index contributed by atoms with van der Waals surface area (Å²) in [4.78, 5) is 34.0. The molecule has 0 amide bonds. The van der Waals surface area contributed by atoms with Gasteiger partial charge in [-0.25, -0.2) is 0 Å². The Morgan fingerprint density at radius 1 is 1.12 bits per heavy atom. The number of hydrogen-bond acceptors (Lipinski definition) is 6. The van der Waals surface area contributed by atoms with Crippen molar-refractivity contribution in [1.82, 2.24) is 0 Å². The fourth-order valence-corrected chi connectivity index (χ4v) is 3.09. The summed E-state index contributed by atoms with van der Waals surface area (Å²) in [6.07, 6.45) is -0.797. The summed E-state index contributed by atoms with van der Waals surface area (Å²) in [5, 5.41) is 9.57. The predicted molar refractivity (Wildman–Crippen MR) is 46.4 cm³/mol. The van der Waals surface area contributed by atoms with Crippen LogP contribution in [0, 0.1) is 23.7 Å². The number of fused-ring (bicyclic) bond motifs is 3. The number of aliphatic hydroxyl groups excluding tert-OH is 1. The molecule has 86 valence electrons. The van der Waals surface area contributed by atoms with Gasteiger partial charge < -0.3 is 14.6 Å². The molecule has 3 rings (SSSR count). The Balaban J connectivity index is 1.93. The van der Waals surface area contributed by atoms with Gasteiger partial charge in [0.2, 0.25) is 6.29 Å². The van der Waals surface area contributed by atoms with E-state index in [4.69, 9.17) is 4.74 Å². The molecule has 1 saturated carbocycles. The van der Waals surface area contributed by atoms with E-state index in [2.05, 4.69) is 4.74 Å². The number of carbonyl (C=O) groups is 3. The van der Waals surface area contributed by atoms with E-state index in [1.807, 2.05) is 0 Å². The fourth-order valence-electron chi connectivity index (χ4n) is 3.09. The molecular weight excluding hydrogens is 216 g/mol. The lowest BCUT2D eigenvalue weighted by atomic mass is 9.84. The maximum Gasteiger partial charge on any atom is 0.316 e. The summed E-state index contributed by atoms with van der Waals surface area (Å²) in [7, 11) is 0. The molecule has 0 spiro atoms. The maximum atomic E-state index is 11.5. The average Bonchev–Trinajstić information content (AvgIpc) is 2.67. The Morgan fingerprint density at radius 2 is 1.88 bits per heavy atom. The first-order valence-electron chi connectivity index (χ1n) is 5.21. The first-order chi connectivity index (χ1) is 7.58. The van der Waals surface area contributed by atoms with E-state index < -0.39 is 42.0 Å². The van der Waals surface area contributed by atoms with Gasteiger partial charge in [-0.1, -0.05) is 0 Å². The number of hydrogen-bond donors (Lipinski definition) is 1. The SMILES string of the molecule is O=C1CC2C(CC3C(=O)OC(O)C32)C(=O)O1. The number of aliphatic hydroxyl groups is 1. The third-order valence-electron chi connectivity index (χ3n) is 3.77. The van der Waals surface area contributed by atoms with Crippen LogP contribution in [0.4, 0.5) is 0 Å². The number of carbonyl (C=O) groups excluding carboxylic acids is 3. The van der Waals surface area contributed by atoms with E-state index in [9.17, 15) is 19.5 Å². The van der Waals surface area contributed by atoms with Crippen molar-refractivity contribution < 1.29 is 29.0 Å². The number of esters is 3. The van der Waals surface area contributed by atoms with Gasteiger partial charge in [0.15, 0.2) is 0 Å². The van der Waals surface area contributed by atoms with Crippen molar-refractivity contribution in [2.75, 3.05) is 0 Å². The van der Waals surface area contributed by atoms with E-state index in [0.717, 1.165) is 0 Å². The van der Waals surface area contributed by atoms with Crippen LogP contribution >= 0.6 is 0 Å². The van der Waals surface area contributed by atoms with E-state index in [0.29, 0.717) is 6.42 Å². The molecule has 0 bridgehead atoms. The number of cyclic esters (lactones) is 3. The second-order valence-electron chi connectivity index (χ2n) is 4.51. The molecule has 1 aliphatic carbocycles. The van der Waals surface area contributed by atoms with Crippen molar-refractivity contribution in [3.8, 4) is 0 Å². The molecule has 5 atom stereocenters. The maximum absolute atomic E-state index is 11.5. The topological polar surface area (TPSA) is 89.9 Å². The third-order valence-corrected chi connectivity index (χ3v) is 3.77. The Bertz CT molecular complexity index is 389. The highest BCUT2D eigenvalue weighted by Crippen LogP contribution is 2.51. The van der Waals surface area contributed by atoms with E-state index >= 15 is 0 Å². The van der Waals surface area contributed by atoms with Gasteiger partial charge in [-0.05, 0) is 12.3 Å². The molecule has 0 aromatic carbocycles. The monoisotopic (exact) mass is 226 g/mol. The summed E-state index contributed by atoms with van der Waals surface area (Å²) in [6.45, 7) is 0. The smallest absolute Gasteiger partial charge is 0.316 e. The molecule has 5 unspecified atom stereocenters. The van der Waals surface area contributed by atoms with E-state index in [1.54, 1.807) is 0 Å². The van der Waals surface area contributed by atoms with Crippen molar-refractivity contribution in [2.45, 2.75) is 19.1 Å². The Hall–Kier alpha value is -1.43. The molecule has 16 heavy (non-hydrogen) atoms. The van der Waals surface area contributed by atoms with Crippen LogP contribution in [-0.4, -0.2) is 29.3 Å². The van der Waals surface area contributed by atoms with Crippen LogP contribution in [0.1, 0.15) is 12.8 Å². The Labute approximate surface area is 90.5 Å². The van der Waals surface area contributed by atoms with Gasteiger partial charge in [0.25, 0.3) is 0 Å². The highest BCUT2D eigenvalue weighted by atomic mass is 16.6. The zero-order chi connectivity index (χ0) is 11.4. The molecule has 0 aromatic rings. The standard InChI is InChI=1S/C10H10O6/c11-6-2-3-4(8(12)15-6)1-5-7(3)10(14)16-9(5)13/h3-5,7,10,14H,1-2H2. The lowest BCUT2D eigenvalue weighted by molar-refractivity contribution is -0.174. The van der Waals surface area contributed by atoms with Gasteiger partial charge in [-0.15, -0.1) is 0 Å². The molecule has 2 aliphatic heterocycles. The van der Waals surface area contributed by atoms with Crippen molar-refractivity contribution >= 4 is 17.9 Å². The van der Waals surface area contributed by atoms with E-state index in [1.165, 1.54) is 0 Å². The molecule has 1 N–H and O–H groups in total. The summed E-state index contributed by atoms with van der Waals surface area (Å²) >= 11 is 0. The van der Waals surface area contributed by atoms with Crippen molar-refractivity contribution in [3.05, 3.63) is 0 Å². The second kappa shape index (κ2) is 3.04. The Kier molecular flexibility index (Phi) is 1.85. The van der Waals surface area contributed by atoms with Crippen LogP contribution in [0.25, 0.3) is 0 Å². The summed E-state index contributed by atoms with van der Waals surface area (Å²) in [6, 6.07) is 0. The van der Waals surface area contributed by atoms with Crippen LogP contribution < -0.4 is 0 Å². The lowest BCUT2D eigenvalue weighted by Gasteiger charge is -2.26. The number of ether oxygens (including phenoxy) is 2. The van der Waals surface area contributed by atoms with E-state index in [-0.39, 0.29) is 12.3 Å². The average molecular weight is 226 g/mol. The van der Waals surface area contributed by atoms with Crippen LogP contribution in [-0.2, 0) is 23.9 Å². The first kappa shape index (κ1) is 9.77. The quantitative estimate of drug-likeness (QED) is 0.429. The lowest BCUT2D eigenvalue weighted by Crippen LogP contribution is -2.37. The van der Waals surface area contributed by atoms with Crippen LogP contribution in [0.5, 0.6) is 0 Å². The highest BCUT2D eigenvalue weighted by Gasteiger charge is 2.60. The van der Waals surface area contributed by atoms with Gasteiger partial charge in [0, 0.05) is 5.92 Å². The zero-order valence-corrected chi connectivity index (χ0v) is 8.29. The first-order valence-corrected chi connectivity index (χ1v) is 5.21. The largest absolute Gasteiger partial charge is 0.435 e. The van der Waals surface area contributed by atoms with Gasteiger partial charge in [-0.3, -0.25) is 14.4 Å². The molecule has 2 heterocycles. The molecule has 6 heteroatoms. The predicted octanol–water partition coefficient (Wildman–Crippen LogP) is -0.796. The van der Waals surface area contributed by atoms with Crippen LogP contribution in [0.15, 0.2) is 0 Å². The molecule has 0 radical (unpaired) electrons. The molecular formula is C10H10O6. The zero-order valence-electron chi connectivity index (χ0n) is 8.29. The minimum absolute atomic E-state index is 0.0747. The molecule has 0 aromatic heterocycles. The highest BCUT2D eigenvalue weighted by molar-refractivity contribution is 5.91. The van der Waals surface area contributed by atoms with Crippen LogP contribution in [0.2, 0.25) is 0 Å². The van der Waals surface area contributed by atoms with Crippen LogP contribution in [0.3, 0.4) is 0 Å². The van der Waals surface area contributed by atoms with Gasteiger partial charge in [0.05, 0.1) is 18.3 Å². The second-order valence-corrected chi connectivity index (χ2v) is 4.51. The third kappa shape index (κ3) is 1.13. The van der Waals surface area contributed by atoms with Gasteiger partial charge in [0.1, 0.15) is 0 Å². The van der Waals surface area contributed by atoms with Crippen molar-refractivity contribution in [3.63, 3.8) is 0 Å². The molecule has 3 aliphatic rings. The summed E-state index contributed by atoms with van der Waals surface area (Å²) in [5.41, 5.74) is 0. The minimum Gasteiger partial charge on any atom is -0.435 e. The molecule has 6 nitrogen and oxygen atoms in total. The normalized spacial score (nSPS) is 46.1. The minimum atomic E-state index is -1.19. The fraction of sp³-hybridized carbons (Fsp3) is 0.700. The van der Waals surface area contributed by atoms with Crippen molar-refractivity contribution in [2.24, 2.45) is 23.7 Å². The number of rotatable bonds is 0. The summed E-state index contributed by atoms with van der Waals surface area (Å²) in [5.74, 6) is -3.31. The Morgan fingerprint density at radius 3 is 2.62 bits per heavy atom. The van der Waals surface area contributed by atoms with Gasteiger partial charge in [-0.2, -0.15) is 0 Å². The van der Waals surface area contributed by atoms with Gasteiger partial charge >= 0.3 is 17.9 Å². The molecule has 3 fully saturated rings. The van der Waals surface area contributed by atoms with Crippen molar-refractivity contribution in [1.29, 1.82) is 0 Å². The summed E-state index contributed by atoms with van der Waals surface area (Å²) < 4.78 is 9.23. The molecule has 2 saturated heterocycles.